The molecule has 2 fully saturated rings. The highest BCUT2D eigenvalue weighted by atomic mass is 35.5. The minimum Gasteiger partial charge on any atom is -0.351 e. The number of anilines is 1. The molecular weight excluding hydrogens is 253 g/mol. The summed E-state index contributed by atoms with van der Waals surface area (Å²) in [6.45, 7) is 5.12. The van der Waals surface area contributed by atoms with Crippen molar-refractivity contribution in [3.05, 3.63) is 23.1 Å². The lowest BCUT2D eigenvalue weighted by Gasteiger charge is -2.28. The number of pyridine rings is 1. The first-order chi connectivity index (χ1) is 8.70. The van der Waals surface area contributed by atoms with Crippen molar-refractivity contribution in [2.24, 2.45) is 11.8 Å². The number of hydrogen-bond donors (Lipinski definition) is 1. The van der Waals surface area contributed by atoms with Crippen molar-refractivity contribution >= 4 is 17.4 Å². The summed E-state index contributed by atoms with van der Waals surface area (Å²) < 4.78 is 14.0. The number of nitrogens with zero attached hydrogens (tertiary/aromatic N) is 2. The van der Waals surface area contributed by atoms with E-state index in [1.54, 1.807) is 0 Å². The number of nitrogens with one attached hydrogen (secondary N) is 1. The van der Waals surface area contributed by atoms with Gasteiger partial charge in [-0.2, -0.15) is 0 Å². The highest BCUT2D eigenvalue weighted by Gasteiger charge is 2.44. The molecule has 1 N–H and O–H groups in total. The summed E-state index contributed by atoms with van der Waals surface area (Å²) >= 11 is 5.76. The molecule has 0 amide bonds. The predicted octanol–water partition coefficient (Wildman–Crippen LogP) is 2.31. The van der Waals surface area contributed by atoms with Crippen molar-refractivity contribution in [2.75, 3.05) is 24.5 Å². The predicted molar refractivity (Wildman–Crippen MR) is 70.5 cm³/mol. The molecule has 2 aliphatic heterocycles. The summed E-state index contributed by atoms with van der Waals surface area (Å²) in [6.07, 6.45) is 2.55. The number of fused-ring (bicyclic) bond motifs is 1. The molecule has 2 saturated heterocycles. The van der Waals surface area contributed by atoms with Crippen molar-refractivity contribution in [3.63, 3.8) is 0 Å². The minimum atomic E-state index is -0.311. The lowest BCUT2D eigenvalue weighted by atomic mass is 9.93. The maximum atomic E-state index is 14.0. The van der Waals surface area contributed by atoms with Gasteiger partial charge in [-0.05, 0) is 24.3 Å². The van der Waals surface area contributed by atoms with Crippen LogP contribution in [0.2, 0.25) is 5.02 Å². The molecule has 0 saturated carbocycles. The average Bonchev–Trinajstić information content (AvgIpc) is 2.88. The van der Waals surface area contributed by atoms with Crippen LogP contribution in [0.1, 0.15) is 13.3 Å². The van der Waals surface area contributed by atoms with Gasteiger partial charge in [0.05, 0.1) is 5.02 Å². The van der Waals surface area contributed by atoms with E-state index in [1.807, 2.05) is 0 Å². The number of halogens is 2. The number of rotatable bonds is 2. The van der Waals surface area contributed by atoms with Crippen LogP contribution in [-0.4, -0.2) is 30.7 Å². The standard InChI is InChI=1S/C13H17ClFN3/c1-2-12-10-6-16-4-8(10)7-18(12)13-11(15)3-9(14)5-17-13/h3,5,8,10,12,16H,2,4,6-7H2,1H3. The third-order valence-electron chi connectivity index (χ3n) is 4.20. The van der Waals surface area contributed by atoms with E-state index in [0.29, 0.717) is 28.7 Å². The zero-order valence-corrected chi connectivity index (χ0v) is 11.1. The van der Waals surface area contributed by atoms with Crippen LogP contribution in [-0.2, 0) is 0 Å². The first-order valence-corrected chi connectivity index (χ1v) is 6.87. The molecule has 98 valence electrons. The zero-order chi connectivity index (χ0) is 12.7. The van der Waals surface area contributed by atoms with E-state index in [0.717, 1.165) is 26.1 Å². The zero-order valence-electron chi connectivity index (χ0n) is 10.4. The fraction of sp³-hybridized carbons (Fsp3) is 0.615. The molecule has 3 heterocycles. The van der Waals surface area contributed by atoms with E-state index in [1.165, 1.54) is 12.3 Å². The Bertz CT molecular complexity index is 454. The van der Waals surface area contributed by atoms with Gasteiger partial charge >= 0.3 is 0 Å². The molecule has 0 aliphatic carbocycles. The largest absolute Gasteiger partial charge is 0.351 e. The third kappa shape index (κ3) is 1.88. The molecule has 5 heteroatoms. The molecule has 3 nitrogen and oxygen atoms in total. The van der Waals surface area contributed by atoms with Gasteiger partial charge in [0.1, 0.15) is 0 Å². The molecule has 3 rings (SSSR count). The highest BCUT2D eigenvalue weighted by molar-refractivity contribution is 6.30. The van der Waals surface area contributed by atoms with Gasteiger partial charge in [-0.15, -0.1) is 0 Å². The normalized spacial score (nSPS) is 30.8. The number of aromatic nitrogens is 1. The fourth-order valence-corrected chi connectivity index (χ4v) is 3.55. The summed E-state index contributed by atoms with van der Waals surface area (Å²) in [5.41, 5.74) is 0. The highest BCUT2D eigenvalue weighted by Crippen LogP contribution is 2.37. The Morgan fingerprint density at radius 3 is 3.11 bits per heavy atom. The second-order valence-corrected chi connectivity index (χ2v) is 5.61. The fourth-order valence-electron chi connectivity index (χ4n) is 3.41. The van der Waals surface area contributed by atoms with Gasteiger partial charge in [0.2, 0.25) is 0 Å². The maximum absolute atomic E-state index is 14.0. The monoisotopic (exact) mass is 269 g/mol. The Labute approximate surface area is 111 Å². The van der Waals surface area contributed by atoms with Crippen LogP contribution in [0, 0.1) is 17.7 Å². The molecule has 2 aliphatic rings. The van der Waals surface area contributed by atoms with Crippen LogP contribution >= 0.6 is 11.6 Å². The first kappa shape index (κ1) is 12.2. The second-order valence-electron chi connectivity index (χ2n) is 5.17. The Morgan fingerprint density at radius 2 is 2.39 bits per heavy atom. The van der Waals surface area contributed by atoms with Crippen LogP contribution in [0.5, 0.6) is 0 Å². The van der Waals surface area contributed by atoms with Gasteiger partial charge < -0.3 is 10.2 Å². The van der Waals surface area contributed by atoms with Gasteiger partial charge in [-0.3, -0.25) is 0 Å². The summed E-state index contributed by atoms with van der Waals surface area (Å²) in [5.74, 6) is 1.38. The van der Waals surface area contributed by atoms with Crippen LogP contribution in [0.15, 0.2) is 12.3 Å². The summed E-state index contributed by atoms with van der Waals surface area (Å²) in [6, 6.07) is 1.73. The molecule has 3 atom stereocenters. The average molecular weight is 270 g/mol. The van der Waals surface area contributed by atoms with Crippen molar-refractivity contribution in [1.82, 2.24) is 10.3 Å². The van der Waals surface area contributed by atoms with Crippen LogP contribution in [0.25, 0.3) is 0 Å². The van der Waals surface area contributed by atoms with Crippen LogP contribution in [0.3, 0.4) is 0 Å². The molecule has 1 aromatic rings. The molecule has 0 bridgehead atoms. The van der Waals surface area contributed by atoms with Crippen molar-refractivity contribution in [2.45, 2.75) is 19.4 Å². The van der Waals surface area contributed by atoms with Gasteiger partial charge in [-0.25, -0.2) is 9.37 Å². The van der Waals surface area contributed by atoms with E-state index < -0.39 is 0 Å². The van der Waals surface area contributed by atoms with Crippen molar-refractivity contribution in [3.8, 4) is 0 Å². The van der Waals surface area contributed by atoms with E-state index in [4.69, 9.17) is 11.6 Å². The van der Waals surface area contributed by atoms with E-state index in [9.17, 15) is 4.39 Å². The van der Waals surface area contributed by atoms with E-state index in [-0.39, 0.29) is 5.82 Å². The Balaban J connectivity index is 1.91. The molecule has 18 heavy (non-hydrogen) atoms. The van der Waals surface area contributed by atoms with E-state index in [2.05, 4.69) is 22.1 Å². The lowest BCUT2D eigenvalue weighted by Crippen LogP contribution is -2.36. The van der Waals surface area contributed by atoms with Gasteiger partial charge in [-0.1, -0.05) is 18.5 Å². The Morgan fingerprint density at radius 1 is 1.56 bits per heavy atom. The third-order valence-corrected chi connectivity index (χ3v) is 4.40. The molecule has 3 unspecified atom stereocenters. The first-order valence-electron chi connectivity index (χ1n) is 6.49. The van der Waals surface area contributed by atoms with Gasteiger partial charge in [0, 0.05) is 31.9 Å². The quantitative estimate of drug-likeness (QED) is 0.893. The van der Waals surface area contributed by atoms with Crippen LogP contribution < -0.4 is 10.2 Å². The van der Waals surface area contributed by atoms with Crippen molar-refractivity contribution in [1.29, 1.82) is 0 Å². The minimum absolute atomic E-state index is 0.311. The maximum Gasteiger partial charge on any atom is 0.167 e. The number of hydrogen-bond acceptors (Lipinski definition) is 3. The lowest BCUT2D eigenvalue weighted by molar-refractivity contribution is 0.440. The smallest absolute Gasteiger partial charge is 0.167 e. The molecule has 1 aromatic heterocycles. The summed E-state index contributed by atoms with van der Waals surface area (Å²) in [7, 11) is 0. The SMILES string of the molecule is CCC1C2CNCC2CN1c1ncc(Cl)cc1F. The van der Waals surface area contributed by atoms with Crippen LogP contribution in [0.4, 0.5) is 10.2 Å². The molecule has 0 radical (unpaired) electrons. The molecular formula is C13H17ClFN3. The Kier molecular flexibility index (Phi) is 3.16. The van der Waals surface area contributed by atoms with Gasteiger partial charge in [0.15, 0.2) is 11.6 Å². The molecule has 0 aromatic carbocycles. The summed E-state index contributed by atoms with van der Waals surface area (Å²) in [4.78, 5) is 6.31. The van der Waals surface area contributed by atoms with Crippen molar-refractivity contribution < 1.29 is 4.39 Å². The molecule has 0 spiro atoms. The Hall–Kier alpha value is -0.870. The second kappa shape index (κ2) is 4.67. The topological polar surface area (TPSA) is 28.2 Å². The van der Waals surface area contributed by atoms with E-state index >= 15 is 0 Å². The summed E-state index contributed by atoms with van der Waals surface area (Å²) in [5, 5.41) is 3.77. The van der Waals surface area contributed by atoms with Gasteiger partial charge in [0.25, 0.3) is 0 Å².